The Labute approximate surface area is 116 Å². The van der Waals surface area contributed by atoms with Crippen LogP contribution in [0.5, 0.6) is 0 Å². The number of rotatable bonds is 3. The van der Waals surface area contributed by atoms with E-state index in [0.29, 0.717) is 15.5 Å². The first kappa shape index (κ1) is 12.7. The molecule has 0 aliphatic carbocycles. The third-order valence-electron chi connectivity index (χ3n) is 2.52. The van der Waals surface area contributed by atoms with Crippen LogP contribution in [0.25, 0.3) is 15.5 Å². The maximum Gasteiger partial charge on any atom is 0.378 e. The number of halogens is 1. The topological polar surface area (TPSA) is 69.4 Å². The number of aromatic nitrogens is 4. The standard InChI is InChI=1S/C12H9FN4O2S/c1-2-19-11(18)9-14-15-12-17(9)16-10(20-12)7-4-3-5-8(13)6-7/h3-6H,2H2,1H3. The molecule has 102 valence electrons. The summed E-state index contributed by atoms with van der Waals surface area (Å²) >= 11 is 1.22. The number of benzene rings is 1. The third kappa shape index (κ3) is 2.14. The van der Waals surface area contributed by atoms with Gasteiger partial charge < -0.3 is 4.74 Å². The fourth-order valence-corrected chi connectivity index (χ4v) is 2.51. The van der Waals surface area contributed by atoms with Gasteiger partial charge in [0.1, 0.15) is 10.8 Å². The van der Waals surface area contributed by atoms with E-state index in [1.807, 2.05) is 0 Å². The van der Waals surface area contributed by atoms with Gasteiger partial charge in [-0.25, -0.2) is 9.18 Å². The van der Waals surface area contributed by atoms with Crippen molar-refractivity contribution in [1.29, 1.82) is 0 Å². The summed E-state index contributed by atoms with van der Waals surface area (Å²) in [6.07, 6.45) is 0. The molecule has 20 heavy (non-hydrogen) atoms. The fourth-order valence-electron chi connectivity index (χ4n) is 1.68. The highest BCUT2D eigenvalue weighted by Gasteiger charge is 2.19. The molecule has 2 heterocycles. The van der Waals surface area contributed by atoms with Crippen molar-refractivity contribution in [3.8, 4) is 10.6 Å². The molecule has 0 radical (unpaired) electrons. The lowest BCUT2D eigenvalue weighted by Crippen LogP contribution is -2.10. The minimum atomic E-state index is -0.587. The Morgan fingerprint density at radius 2 is 2.30 bits per heavy atom. The number of esters is 1. The predicted octanol–water partition coefficient (Wildman–Crippen LogP) is 2.17. The molecule has 0 N–H and O–H groups in total. The molecule has 3 aromatic rings. The second-order valence-corrected chi connectivity index (χ2v) is 4.81. The minimum absolute atomic E-state index is 0.0146. The number of hydrogen-bond acceptors (Lipinski definition) is 6. The molecular weight excluding hydrogens is 283 g/mol. The summed E-state index contributed by atoms with van der Waals surface area (Å²) in [6.45, 7) is 1.95. The highest BCUT2D eigenvalue weighted by atomic mass is 32.1. The van der Waals surface area contributed by atoms with Crippen molar-refractivity contribution in [1.82, 2.24) is 19.8 Å². The van der Waals surface area contributed by atoms with Crippen LogP contribution in [0.1, 0.15) is 17.5 Å². The summed E-state index contributed by atoms with van der Waals surface area (Å²) in [5, 5.41) is 12.4. The first-order valence-corrected chi connectivity index (χ1v) is 6.66. The van der Waals surface area contributed by atoms with E-state index in [1.165, 1.54) is 28.0 Å². The maximum atomic E-state index is 13.2. The zero-order chi connectivity index (χ0) is 14.1. The van der Waals surface area contributed by atoms with Crippen LogP contribution in [0.15, 0.2) is 24.3 Å². The molecule has 8 heteroatoms. The Kier molecular flexibility index (Phi) is 3.15. The number of ether oxygens (including phenoxy) is 1. The molecule has 1 aromatic carbocycles. The van der Waals surface area contributed by atoms with Crippen LogP contribution in [0.4, 0.5) is 4.39 Å². The molecule has 0 aliphatic heterocycles. The van der Waals surface area contributed by atoms with Crippen LogP contribution in [0.3, 0.4) is 0 Å². The van der Waals surface area contributed by atoms with Gasteiger partial charge in [-0.3, -0.25) is 0 Å². The first-order valence-electron chi connectivity index (χ1n) is 5.84. The van der Waals surface area contributed by atoms with E-state index < -0.39 is 5.97 Å². The Morgan fingerprint density at radius 3 is 3.05 bits per heavy atom. The highest BCUT2D eigenvalue weighted by molar-refractivity contribution is 7.19. The minimum Gasteiger partial charge on any atom is -0.460 e. The van der Waals surface area contributed by atoms with E-state index in [-0.39, 0.29) is 18.2 Å². The molecule has 0 amide bonds. The monoisotopic (exact) mass is 292 g/mol. The van der Waals surface area contributed by atoms with Crippen molar-refractivity contribution >= 4 is 22.3 Å². The number of carbonyl (C=O) groups is 1. The first-order chi connectivity index (χ1) is 9.69. The van der Waals surface area contributed by atoms with E-state index in [0.717, 1.165) is 0 Å². The highest BCUT2D eigenvalue weighted by Crippen LogP contribution is 2.25. The summed E-state index contributed by atoms with van der Waals surface area (Å²) < 4.78 is 19.4. The molecule has 3 rings (SSSR count). The van der Waals surface area contributed by atoms with Gasteiger partial charge in [0, 0.05) is 5.56 Å². The average molecular weight is 292 g/mol. The second-order valence-electron chi connectivity index (χ2n) is 3.86. The molecule has 2 aromatic heterocycles. The molecule has 0 spiro atoms. The zero-order valence-electron chi connectivity index (χ0n) is 10.4. The lowest BCUT2D eigenvalue weighted by Gasteiger charge is -1.97. The summed E-state index contributed by atoms with van der Waals surface area (Å²) in [6, 6.07) is 6.06. The molecule has 6 nitrogen and oxygen atoms in total. The van der Waals surface area contributed by atoms with Crippen molar-refractivity contribution in [3.63, 3.8) is 0 Å². The van der Waals surface area contributed by atoms with Crippen LogP contribution in [-0.4, -0.2) is 32.4 Å². The van der Waals surface area contributed by atoms with Crippen molar-refractivity contribution in [3.05, 3.63) is 35.9 Å². The molecule has 0 unspecified atom stereocenters. The van der Waals surface area contributed by atoms with Gasteiger partial charge >= 0.3 is 5.97 Å². The van der Waals surface area contributed by atoms with Crippen molar-refractivity contribution in [2.75, 3.05) is 6.61 Å². The van der Waals surface area contributed by atoms with E-state index in [9.17, 15) is 9.18 Å². The molecule has 0 saturated heterocycles. The van der Waals surface area contributed by atoms with Crippen LogP contribution in [0.2, 0.25) is 0 Å². The Balaban J connectivity index is 2.05. The fraction of sp³-hybridized carbons (Fsp3) is 0.167. The number of hydrogen-bond donors (Lipinski definition) is 0. The van der Waals surface area contributed by atoms with Gasteiger partial charge in [0.15, 0.2) is 0 Å². The lowest BCUT2D eigenvalue weighted by atomic mass is 10.2. The normalized spacial score (nSPS) is 10.9. The van der Waals surface area contributed by atoms with E-state index in [2.05, 4.69) is 15.3 Å². The summed E-state index contributed by atoms with van der Waals surface area (Å²) in [4.78, 5) is 12.1. The number of carbonyl (C=O) groups excluding carboxylic acids is 1. The van der Waals surface area contributed by atoms with Crippen molar-refractivity contribution in [2.24, 2.45) is 0 Å². The van der Waals surface area contributed by atoms with Crippen LogP contribution in [-0.2, 0) is 4.74 Å². The zero-order valence-corrected chi connectivity index (χ0v) is 11.2. The SMILES string of the molecule is CCOC(=O)c1nnc2sc(-c3cccc(F)c3)nn12. The van der Waals surface area contributed by atoms with Gasteiger partial charge in [-0.05, 0) is 19.1 Å². The maximum absolute atomic E-state index is 13.2. The predicted molar refractivity (Wildman–Crippen MR) is 70.0 cm³/mol. The average Bonchev–Trinajstić information content (AvgIpc) is 2.98. The third-order valence-corrected chi connectivity index (χ3v) is 3.47. The summed E-state index contributed by atoms with van der Waals surface area (Å²) in [5.41, 5.74) is 0.621. The van der Waals surface area contributed by atoms with Gasteiger partial charge in [-0.2, -0.15) is 9.61 Å². The Hall–Kier alpha value is -2.35. The summed E-state index contributed by atoms with van der Waals surface area (Å²) in [5.74, 6) is -0.920. The number of nitrogens with zero attached hydrogens (tertiary/aromatic N) is 4. The molecule has 0 saturated carbocycles. The number of fused-ring (bicyclic) bond motifs is 1. The quantitative estimate of drug-likeness (QED) is 0.692. The van der Waals surface area contributed by atoms with Gasteiger partial charge in [0.05, 0.1) is 6.61 Å². The molecule has 0 aliphatic rings. The molecule has 0 fully saturated rings. The second kappa shape index (κ2) is 4.97. The van der Waals surface area contributed by atoms with Gasteiger partial charge in [-0.15, -0.1) is 10.2 Å². The van der Waals surface area contributed by atoms with Crippen LogP contribution in [0, 0.1) is 5.82 Å². The lowest BCUT2D eigenvalue weighted by molar-refractivity contribution is 0.0509. The van der Waals surface area contributed by atoms with Crippen molar-refractivity contribution < 1.29 is 13.9 Å². The largest absolute Gasteiger partial charge is 0.460 e. The van der Waals surface area contributed by atoms with Gasteiger partial charge in [-0.1, -0.05) is 23.5 Å². The van der Waals surface area contributed by atoms with E-state index in [1.54, 1.807) is 19.1 Å². The Morgan fingerprint density at radius 1 is 1.45 bits per heavy atom. The van der Waals surface area contributed by atoms with Crippen LogP contribution >= 0.6 is 11.3 Å². The Bertz CT molecular complexity index is 783. The molecular formula is C12H9FN4O2S. The smallest absolute Gasteiger partial charge is 0.378 e. The van der Waals surface area contributed by atoms with E-state index >= 15 is 0 Å². The molecule has 0 bridgehead atoms. The van der Waals surface area contributed by atoms with Gasteiger partial charge in [0.25, 0.3) is 5.82 Å². The van der Waals surface area contributed by atoms with Crippen LogP contribution < -0.4 is 0 Å². The van der Waals surface area contributed by atoms with Crippen molar-refractivity contribution in [2.45, 2.75) is 6.92 Å². The van der Waals surface area contributed by atoms with Gasteiger partial charge in [0.2, 0.25) is 4.96 Å². The summed E-state index contributed by atoms with van der Waals surface area (Å²) in [7, 11) is 0. The van der Waals surface area contributed by atoms with E-state index in [4.69, 9.17) is 4.74 Å². The molecule has 0 atom stereocenters.